The Kier molecular flexibility index (Phi) is 8.11. The van der Waals surface area contributed by atoms with Gasteiger partial charge in [-0.1, -0.05) is 19.9 Å². The monoisotopic (exact) mass is 534 g/mol. The van der Waals surface area contributed by atoms with Gasteiger partial charge in [-0.05, 0) is 63.6 Å². The van der Waals surface area contributed by atoms with Gasteiger partial charge in [0.15, 0.2) is 5.60 Å². The minimum atomic E-state index is -5.02. The van der Waals surface area contributed by atoms with Gasteiger partial charge in [0.2, 0.25) is 5.91 Å². The number of carbonyl (C=O) groups excluding carboxylic acids is 1. The van der Waals surface area contributed by atoms with Crippen LogP contribution in [0.25, 0.3) is 16.6 Å². The van der Waals surface area contributed by atoms with Gasteiger partial charge in [0.1, 0.15) is 0 Å². The number of fused-ring (bicyclic) bond motifs is 1. The van der Waals surface area contributed by atoms with E-state index in [1.807, 2.05) is 0 Å². The number of hydrogen-bond donors (Lipinski definition) is 3. The van der Waals surface area contributed by atoms with Gasteiger partial charge in [-0.25, -0.2) is 9.48 Å². The van der Waals surface area contributed by atoms with Crippen LogP contribution < -0.4 is 5.32 Å². The average Bonchev–Trinajstić information content (AvgIpc) is 3.15. The van der Waals surface area contributed by atoms with Crippen LogP contribution in [0.4, 0.5) is 18.9 Å². The van der Waals surface area contributed by atoms with E-state index < -0.39 is 48.7 Å². The van der Waals surface area contributed by atoms with Crippen molar-refractivity contribution in [1.82, 2.24) is 14.7 Å². The van der Waals surface area contributed by atoms with Crippen molar-refractivity contribution in [2.45, 2.75) is 59.4 Å². The third kappa shape index (κ3) is 5.77. The van der Waals surface area contributed by atoms with E-state index in [4.69, 9.17) is 0 Å². The summed E-state index contributed by atoms with van der Waals surface area (Å²) < 4.78 is 44.1. The molecule has 0 spiro atoms. The summed E-state index contributed by atoms with van der Waals surface area (Å²) in [7, 11) is 0. The highest BCUT2D eigenvalue weighted by Gasteiger charge is 2.55. The van der Waals surface area contributed by atoms with Gasteiger partial charge in [0.25, 0.3) is 0 Å². The first-order valence-electron chi connectivity index (χ1n) is 12.2. The van der Waals surface area contributed by atoms with Crippen molar-refractivity contribution in [1.29, 1.82) is 0 Å². The molecule has 1 amide bonds. The van der Waals surface area contributed by atoms with E-state index in [9.17, 15) is 33.0 Å². The van der Waals surface area contributed by atoms with E-state index in [2.05, 4.69) is 10.4 Å². The maximum atomic E-state index is 14.2. The molecule has 8 nitrogen and oxygen atoms in total. The first-order chi connectivity index (χ1) is 17.6. The van der Waals surface area contributed by atoms with Crippen LogP contribution in [0.15, 0.2) is 36.4 Å². The fourth-order valence-corrected chi connectivity index (χ4v) is 4.29. The van der Waals surface area contributed by atoms with Crippen molar-refractivity contribution in [3.63, 3.8) is 0 Å². The molecule has 1 unspecified atom stereocenters. The molecule has 0 fully saturated rings. The molecule has 1 atom stereocenters. The summed E-state index contributed by atoms with van der Waals surface area (Å²) in [5, 5.41) is 28.0. The number of aromatic carboxylic acids is 1. The topological polar surface area (TPSA) is 108 Å². The van der Waals surface area contributed by atoms with Gasteiger partial charge < -0.3 is 20.4 Å². The number of nitrogens with one attached hydrogen (secondary N) is 1. The summed E-state index contributed by atoms with van der Waals surface area (Å²) in [6.07, 6.45) is -5.02. The second-order valence-corrected chi connectivity index (χ2v) is 10.2. The summed E-state index contributed by atoms with van der Waals surface area (Å²) in [5.41, 5.74) is -0.587. The van der Waals surface area contributed by atoms with Crippen LogP contribution >= 0.6 is 0 Å². The molecule has 11 heteroatoms. The zero-order valence-corrected chi connectivity index (χ0v) is 22.2. The Morgan fingerprint density at radius 1 is 1.11 bits per heavy atom. The fourth-order valence-electron chi connectivity index (χ4n) is 4.29. The number of hydrogen-bond acceptors (Lipinski definition) is 5. The largest absolute Gasteiger partial charge is 0.478 e. The highest BCUT2D eigenvalue weighted by atomic mass is 19.4. The zero-order valence-electron chi connectivity index (χ0n) is 22.2. The second kappa shape index (κ2) is 10.6. The quantitative estimate of drug-likeness (QED) is 0.359. The summed E-state index contributed by atoms with van der Waals surface area (Å²) in [6.45, 7) is 8.03. The Morgan fingerprint density at radius 3 is 2.32 bits per heavy atom. The Hall–Kier alpha value is -3.60. The number of carboxylic acids is 1. The molecule has 0 bridgehead atoms. The molecule has 1 heterocycles. The summed E-state index contributed by atoms with van der Waals surface area (Å²) in [4.78, 5) is 25.1. The lowest BCUT2D eigenvalue weighted by Gasteiger charge is -2.38. The van der Waals surface area contributed by atoms with Gasteiger partial charge in [0, 0.05) is 23.0 Å². The molecule has 2 aromatic carbocycles. The number of aliphatic hydroxyl groups is 1. The molecule has 1 aromatic heterocycles. The summed E-state index contributed by atoms with van der Waals surface area (Å²) in [5.74, 6) is -2.12. The Bertz CT molecular complexity index is 1350. The minimum Gasteiger partial charge on any atom is -0.478 e. The standard InChI is InChI=1S/C27H33F3N4O4/c1-15(2)24(35)33(16(3)4)14-26(38,27(28,29)30)13-31-21-10-17(5)11-22-23(21)18(6)32-34(22)20-9-7-8-19(12-20)25(36)37/h7-12,15-16,31,38H,13-14H2,1-6H3,(H,36,37). The Morgan fingerprint density at radius 2 is 1.76 bits per heavy atom. The number of carbonyl (C=O) groups is 2. The van der Waals surface area contributed by atoms with Gasteiger partial charge >= 0.3 is 12.1 Å². The van der Waals surface area contributed by atoms with Crippen LogP contribution in [0.5, 0.6) is 0 Å². The molecule has 0 radical (unpaired) electrons. The molecule has 3 aromatic rings. The summed E-state index contributed by atoms with van der Waals surface area (Å²) in [6, 6.07) is 9.08. The van der Waals surface area contributed by atoms with E-state index >= 15 is 0 Å². The van der Waals surface area contributed by atoms with Crippen LogP contribution in [0.3, 0.4) is 0 Å². The van der Waals surface area contributed by atoms with Crippen LogP contribution in [-0.4, -0.2) is 67.7 Å². The molecule has 0 aliphatic rings. The number of amides is 1. The number of alkyl halides is 3. The first-order valence-corrected chi connectivity index (χ1v) is 12.2. The second-order valence-electron chi connectivity index (χ2n) is 10.2. The number of aryl methyl sites for hydroxylation is 2. The fraction of sp³-hybridized carbons (Fsp3) is 0.444. The van der Waals surface area contributed by atoms with E-state index in [1.54, 1.807) is 65.8 Å². The van der Waals surface area contributed by atoms with Gasteiger partial charge in [-0.2, -0.15) is 18.3 Å². The molecule has 3 N–H and O–H groups in total. The number of halogens is 3. The predicted octanol–water partition coefficient (Wildman–Crippen LogP) is 4.94. The lowest BCUT2D eigenvalue weighted by molar-refractivity contribution is -0.259. The van der Waals surface area contributed by atoms with Crippen molar-refractivity contribution in [3.05, 3.63) is 53.2 Å². The van der Waals surface area contributed by atoms with Crippen LogP contribution in [0.2, 0.25) is 0 Å². The maximum Gasteiger partial charge on any atom is 0.420 e. The lowest BCUT2D eigenvalue weighted by atomic mass is 9.99. The van der Waals surface area contributed by atoms with Crippen molar-refractivity contribution in [2.75, 3.05) is 18.4 Å². The first kappa shape index (κ1) is 29.0. The molecular weight excluding hydrogens is 501 g/mol. The van der Waals surface area contributed by atoms with Crippen LogP contribution in [0.1, 0.15) is 49.3 Å². The number of anilines is 1. The molecule has 3 rings (SSSR count). The van der Waals surface area contributed by atoms with Gasteiger partial charge in [-0.3, -0.25) is 4.79 Å². The normalized spacial score (nSPS) is 13.7. The molecule has 0 aliphatic heterocycles. The SMILES string of the molecule is Cc1cc(NCC(O)(CN(C(=O)C(C)C)C(C)C)C(F)(F)F)c2c(C)nn(-c3cccc(C(=O)O)c3)c2c1. The smallest absolute Gasteiger partial charge is 0.420 e. The highest BCUT2D eigenvalue weighted by Crippen LogP contribution is 2.35. The van der Waals surface area contributed by atoms with E-state index in [0.29, 0.717) is 33.5 Å². The van der Waals surface area contributed by atoms with Crippen LogP contribution in [-0.2, 0) is 4.79 Å². The molecule has 206 valence electrons. The number of aromatic nitrogens is 2. The molecular formula is C27H33F3N4O4. The van der Waals surface area contributed by atoms with Crippen molar-refractivity contribution in [2.24, 2.45) is 5.92 Å². The third-order valence-electron chi connectivity index (χ3n) is 6.37. The zero-order chi connectivity index (χ0) is 28.6. The average molecular weight is 535 g/mol. The Labute approximate surface area is 219 Å². The molecule has 0 saturated heterocycles. The number of rotatable bonds is 9. The number of nitrogens with zero attached hydrogens (tertiary/aromatic N) is 3. The van der Waals surface area contributed by atoms with Gasteiger partial charge in [0.05, 0.1) is 35.6 Å². The summed E-state index contributed by atoms with van der Waals surface area (Å²) >= 11 is 0. The van der Waals surface area contributed by atoms with E-state index in [-0.39, 0.29) is 5.56 Å². The Balaban J connectivity index is 2.04. The number of benzene rings is 2. The lowest BCUT2D eigenvalue weighted by Crippen LogP contribution is -2.60. The van der Waals surface area contributed by atoms with Gasteiger partial charge in [-0.15, -0.1) is 0 Å². The minimum absolute atomic E-state index is 0.0655. The van der Waals surface area contributed by atoms with E-state index in [1.165, 1.54) is 16.8 Å². The van der Waals surface area contributed by atoms with Crippen molar-refractivity contribution < 1.29 is 33.0 Å². The number of carboxylic acid groups (broad SMARTS) is 1. The third-order valence-corrected chi connectivity index (χ3v) is 6.37. The molecule has 0 saturated carbocycles. The van der Waals surface area contributed by atoms with Crippen LogP contribution in [0, 0.1) is 19.8 Å². The van der Waals surface area contributed by atoms with E-state index in [0.717, 1.165) is 4.90 Å². The van der Waals surface area contributed by atoms with Crippen molar-refractivity contribution >= 4 is 28.5 Å². The maximum absolute atomic E-state index is 14.2. The highest BCUT2D eigenvalue weighted by molar-refractivity contribution is 5.96. The predicted molar refractivity (Wildman–Crippen MR) is 139 cm³/mol. The van der Waals surface area contributed by atoms with Crippen molar-refractivity contribution in [3.8, 4) is 5.69 Å². The molecule has 0 aliphatic carbocycles. The molecule has 38 heavy (non-hydrogen) atoms.